The second-order valence-electron chi connectivity index (χ2n) is 5.52. The molecule has 0 aliphatic carbocycles. The van der Waals surface area contributed by atoms with Gasteiger partial charge in [0.2, 0.25) is 5.89 Å². The van der Waals surface area contributed by atoms with Gasteiger partial charge in [0, 0.05) is 10.6 Å². The zero-order valence-electron chi connectivity index (χ0n) is 13.6. The number of hydrogen-bond donors (Lipinski definition) is 1. The maximum Gasteiger partial charge on any atom is 0.342 e. The van der Waals surface area contributed by atoms with Gasteiger partial charge in [-0.2, -0.15) is 0 Å². The van der Waals surface area contributed by atoms with Gasteiger partial charge in [-0.15, -0.1) is 10.2 Å². The first-order chi connectivity index (χ1) is 11.9. The average molecular weight is 359 g/mol. The number of halogens is 1. The molecule has 0 saturated heterocycles. The summed E-state index contributed by atoms with van der Waals surface area (Å²) >= 11 is 5.84. The third kappa shape index (κ3) is 3.80. The predicted octanol–water partition coefficient (Wildman–Crippen LogP) is 4.32. The molecule has 1 atom stereocenters. The molecule has 6 nitrogen and oxygen atoms in total. The zero-order chi connectivity index (χ0) is 18.0. The summed E-state index contributed by atoms with van der Waals surface area (Å²) < 4.78 is 10.8. The molecule has 1 heterocycles. The van der Waals surface area contributed by atoms with Crippen molar-refractivity contribution in [3.05, 3.63) is 64.5 Å². The number of rotatable bonds is 4. The number of benzene rings is 2. The van der Waals surface area contributed by atoms with Gasteiger partial charge in [-0.1, -0.05) is 29.3 Å². The lowest BCUT2D eigenvalue weighted by atomic mass is 10.1. The Balaban J connectivity index is 1.75. The van der Waals surface area contributed by atoms with Crippen LogP contribution in [0.3, 0.4) is 0 Å². The Labute approximate surface area is 149 Å². The monoisotopic (exact) mass is 358 g/mol. The van der Waals surface area contributed by atoms with Gasteiger partial charge in [0.05, 0.1) is 0 Å². The molecule has 1 aromatic heterocycles. The van der Waals surface area contributed by atoms with Crippen LogP contribution in [0.15, 0.2) is 46.9 Å². The number of phenolic OH excluding ortho intramolecular Hbond substituents is 1. The van der Waals surface area contributed by atoms with E-state index in [-0.39, 0.29) is 17.2 Å². The van der Waals surface area contributed by atoms with Crippen molar-refractivity contribution < 1.29 is 19.1 Å². The quantitative estimate of drug-likeness (QED) is 0.699. The number of esters is 1. The molecule has 1 unspecified atom stereocenters. The molecule has 0 bridgehead atoms. The van der Waals surface area contributed by atoms with Crippen molar-refractivity contribution in [3.63, 3.8) is 0 Å². The minimum atomic E-state index is -0.780. The molecular formula is C18H15ClN2O4. The van der Waals surface area contributed by atoms with E-state index in [1.165, 1.54) is 18.2 Å². The lowest BCUT2D eigenvalue weighted by Crippen LogP contribution is -2.09. The van der Waals surface area contributed by atoms with Gasteiger partial charge in [0.25, 0.3) is 5.89 Å². The molecule has 0 radical (unpaired) electrons. The number of phenols is 1. The fourth-order valence-corrected chi connectivity index (χ4v) is 2.33. The Morgan fingerprint density at radius 2 is 1.92 bits per heavy atom. The van der Waals surface area contributed by atoms with E-state index in [0.717, 1.165) is 11.1 Å². The zero-order valence-corrected chi connectivity index (χ0v) is 14.3. The second-order valence-corrected chi connectivity index (χ2v) is 5.96. The van der Waals surface area contributed by atoms with Crippen molar-refractivity contribution >= 4 is 17.6 Å². The molecule has 2 aromatic carbocycles. The van der Waals surface area contributed by atoms with Crippen LogP contribution in [0, 0.1) is 6.92 Å². The lowest BCUT2D eigenvalue weighted by Gasteiger charge is -2.10. The third-order valence-electron chi connectivity index (χ3n) is 3.55. The molecule has 3 rings (SSSR count). The smallest absolute Gasteiger partial charge is 0.342 e. The summed E-state index contributed by atoms with van der Waals surface area (Å²) in [5, 5.41) is 18.0. The van der Waals surface area contributed by atoms with E-state index in [2.05, 4.69) is 10.2 Å². The van der Waals surface area contributed by atoms with Crippen molar-refractivity contribution in [2.45, 2.75) is 20.0 Å². The van der Waals surface area contributed by atoms with Crippen LogP contribution in [0.2, 0.25) is 5.02 Å². The number of nitrogens with zero attached hydrogens (tertiary/aromatic N) is 2. The SMILES string of the molecule is Cc1ccc(-c2nnc(C(C)OC(=O)c3cc(Cl)ccc3O)o2)cc1. The van der Waals surface area contributed by atoms with E-state index in [1.54, 1.807) is 6.92 Å². The summed E-state index contributed by atoms with van der Waals surface area (Å²) in [4.78, 5) is 12.2. The summed E-state index contributed by atoms with van der Waals surface area (Å²) in [7, 11) is 0. The van der Waals surface area contributed by atoms with E-state index in [0.29, 0.717) is 10.9 Å². The lowest BCUT2D eigenvalue weighted by molar-refractivity contribution is 0.0277. The molecule has 1 N–H and O–H groups in total. The Morgan fingerprint density at radius 1 is 1.20 bits per heavy atom. The van der Waals surface area contributed by atoms with Gasteiger partial charge >= 0.3 is 5.97 Å². The number of ether oxygens (including phenoxy) is 1. The van der Waals surface area contributed by atoms with Gasteiger partial charge in [-0.25, -0.2) is 4.79 Å². The minimum absolute atomic E-state index is 0.0300. The molecule has 3 aromatic rings. The molecule has 0 fully saturated rings. The number of aryl methyl sites for hydroxylation is 1. The van der Waals surface area contributed by atoms with Crippen LogP contribution in [0.1, 0.15) is 34.8 Å². The molecule has 0 aliphatic heterocycles. The van der Waals surface area contributed by atoms with Gasteiger partial charge in [0.1, 0.15) is 11.3 Å². The molecule has 0 saturated carbocycles. The highest BCUT2D eigenvalue weighted by Crippen LogP contribution is 2.26. The number of aromatic hydroxyl groups is 1. The van der Waals surface area contributed by atoms with Crippen molar-refractivity contribution in [2.24, 2.45) is 0 Å². The normalized spacial score (nSPS) is 12.0. The minimum Gasteiger partial charge on any atom is -0.507 e. The van der Waals surface area contributed by atoms with Gasteiger partial charge in [-0.3, -0.25) is 0 Å². The Morgan fingerprint density at radius 3 is 2.64 bits per heavy atom. The maximum absolute atomic E-state index is 12.2. The molecule has 0 aliphatic rings. The highest BCUT2D eigenvalue weighted by atomic mass is 35.5. The van der Waals surface area contributed by atoms with Crippen LogP contribution in [0.4, 0.5) is 0 Å². The largest absolute Gasteiger partial charge is 0.507 e. The van der Waals surface area contributed by atoms with Gasteiger partial charge < -0.3 is 14.3 Å². The fraction of sp³-hybridized carbons (Fsp3) is 0.167. The van der Waals surface area contributed by atoms with Crippen LogP contribution in [-0.4, -0.2) is 21.3 Å². The Hall–Kier alpha value is -2.86. The first kappa shape index (κ1) is 17.0. The van der Waals surface area contributed by atoms with Crippen LogP contribution < -0.4 is 0 Å². The topological polar surface area (TPSA) is 85.5 Å². The summed E-state index contributed by atoms with van der Waals surface area (Å²) in [6.07, 6.45) is -0.780. The molecule has 128 valence electrons. The number of carbonyl (C=O) groups is 1. The van der Waals surface area contributed by atoms with E-state index >= 15 is 0 Å². The van der Waals surface area contributed by atoms with Crippen molar-refractivity contribution in [3.8, 4) is 17.2 Å². The summed E-state index contributed by atoms with van der Waals surface area (Å²) in [5.74, 6) is -0.455. The van der Waals surface area contributed by atoms with Crippen LogP contribution in [0.25, 0.3) is 11.5 Å². The van der Waals surface area contributed by atoms with E-state index in [9.17, 15) is 9.90 Å². The Kier molecular flexibility index (Phi) is 4.72. The molecule has 0 spiro atoms. The van der Waals surface area contributed by atoms with Crippen LogP contribution >= 0.6 is 11.6 Å². The molecule has 25 heavy (non-hydrogen) atoms. The van der Waals surface area contributed by atoms with Crippen LogP contribution in [0.5, 0.6) is 5.75 Å². The average Bonchev–Trinajstić information content (AvgIpc) is 3.07. The predicted molar refractivity (Wildman–Crippen MR) is 91.4 cm³/mol. The number of aromatic nitrogens is 2. The Bertz CT molecular complexity index is 906. The summed E-state index contributed by atoms with van der Waals surface area (Å²) in [6.45, 7) is 3.59. The highest BCUT2D eigenvalue weighted by molar-refractivity contribution is 6.31. The molecule has 7 heteroatoms. The standard InChI is InChI=1S/C18H15ClN2O4/c1-10-3-5-12(6-4-10)17-21-20-16(25-17)11(2)24-18(23)14-9-13(19)7-8-15(14)22/h3-9,11,22H,1-2H3. The third-order valence-corrected chi connectivity index (χ3v) is 3.78. The van der Waals surface area contributed by atoms with Crippen molar-refractivity contribution in [1.29, 1.82) is 0 Å². The van der Waals surface area contributed by atoms with E-state index in [4.69, 9.17) is 20.8 Å². The van der Waals surface area contributed by atoms with E-state index < -0.39 is 12.1 Å². The molecule has 0 amide bonds. The first-order valence-corrected chi connectivity index (χ1v) is 7.92. The highest BCUT2D eigenvalue weighted by Gasteiger charge is 2.22. The summed E-state index contributed by atoms with van der Waals surface area (Å²) in [6, 6.07) is 11.7. The fourth-order valence-electron chi connectivity index (χ4n) is 2.16. The van der Waals surface area contributed by atoms with E-state index in [1.807, 2.05) is 31.2 Å². The van der Waals surface area contributed by atoms with Crippen LogP contribution in [-0.2, 0) is 4.74 Å². The van der Waals surface area contributed by atoms with Gasteiger partial charge in [0.15, 0.2) is 6.10 Å². The van der Waals surface area contributed by atoms with Gasteiger partial charge in [-0.05, 0) is 44.2 Å². The number of hydrogen-bond acceptors (Lipinski definition) is 6. The van der Waals surface area contributed by atoms with Crippen molar-refractivity contribution in [2.75, 3.05) is 0 Å². The second kappa shape index (κ2) is 6.94. The summed E-state index contributed by atoms with van der Waals surface area (Å²) in [5.41, 5.74) is 1.86. The molecular weight excluding hydrogens is 344 g/mol. The maximum atomic E-state index is 12.2. The van der Waals surface area contributed by atoms with Crippen molar-refractivity contribution in [1.82, 2.24) is 10.2 Å². The number of carbonyl (C=O) groups excluding carboxylic acids is 1. The first-order valence-electron chi connectivity index (χ1n) is 7.54.